The molecule has 80 valence electrons. The zero-order valence-corrected chi connectivity index (χ0v) is 9.60. The van der Waals surface area contributed by atoms with E-state index in [9.17, 15) is 0 Å². The monoisotopic (exact) mass is 202 g/mol. The summed E-state index contributed by atoms with van der Waals surface area (Å²) in [5.74, 6) is 0.924. The van der Waals surface area contributed by atoms with Crippen molar-refractivity contribution in [3.63, 3.8) is 0 Å². The molecule has 15 heavy (non-hydrogen) atoms. The Morgan fingerprint density at radius 1 is 1.07 bits per heavy atom. The van der Waals surface area contributed by atoms with Crippen molar-refractivity contribution in [3.05, 3.63) is 48.1 Å². The highest BCUT2D eigenvalue weighted by molar-refractivity contribution is 5.52. The van der Waals surface area contributed by atoms with E-state index < -0.39 is 0 Å². The fourth-order valence-electron chi connectivity index (χ4n) is 1.21. The number of allylic oxidation sites excluding steroid dienone is 3. The maximum Gasteiger partial charge on any atom is 0.119 e. The third-order valence-electron chi connectivity index (χ3n) is 1.84. The largest absolute Gasteiger partial charge is 0.491 e. The maximum atomic E-state index is 5.56. The van der Waals surface area contributed by atoms with E-state index in [2.05, 4.69) is 18.2 Å². The quantitative estimate of drug-likeness (QED) is 0.669. The molecule has 0 N–H and O–H groups in total. The van der Waals surface area contributed by atoms with Gasteiger partial charge in [-0.15, -0.1) is 0 Å². The van der Waals surface area contributed by atoms with Gasteiger partial charge in [0.2, 0.25) is 0 Å². The summed E-state index contributed by atoms with van der Waals surface area (Å²) in [4.78, 5) is 0. The SMILES string of the molecule is CC=CC=Cc1ccc(OC(C)C)cc1. The normalized spacial score (nSPS) is 11.7. The van der Waals surface area contributed by atoms with Gasteiger partial charge >= 0.3 is 0 Å². The Morgan fingerprint density at radius 2 is 1.73 bits per heavy atom. The standard InChI is InChI=1S/C14H18O/c1-4-5-6-7-13-8-10-14(11-9-13)15-12(2)3/h4-12H,1-3H3. The summed E-state index contributed by atoms with van der Waals surface area (Å²) in [7, 11) is 0. The molecule has 0 fully saturated rings. The molecule has 0 heterocycles. The molecule has 0 atom stereocenters. The number of benzene rings is 1. The fraction of sp³-hybridized carbons (Fsp3) is 0.286. The van der Waals surface area contributed by atoms with Crippen LogP contribution in [-0.2, 0) is 0 Å². The molecule has 0 unspecified atom stereocenters. The molecule has 0 bridgehead atoms. The van der Waals surface area contributed by atoms with Gasteiger partial charge in [0.15, 0.2) is 0 Å². The van der Waals surface area contributed by atoms with Crippen LogP contribution >= 0.6 is 0 Å². The van der Waals surface area contributed by atoms with Gasteiger partial charge in [-0.1, -0.05) is 36.4 Å². The Morgan fingerprint density at radius 3 is 2.27 bits per heavy atom. The van der Waals surface area contributed by atoms with Gasteiger partial charge in [-0.05, 0) is 38.5 Å². The number of hydrogen-bond acceptors (Lipinski definition) is 1. The Bertz CT molecular complexity index is 331. The second kappa shape index (κ2) is 6.07. The molecule has 0 aliphatic carbocycles. The summed E-state index contributed by atoms with van der Waals surface area (Å²) in [5.41, 5.74) is 1.18. The Balaban J connectivity index is 2.64. The fourth-order valence-corrected chi connectivity index (χ4v) is 1.21. The maximum absolute atomic E-state index is 5.56. The molecule has 0 saturated carbocycles. The number of ether oxygens (including phenoxy) is 1. The topological polar surface area (TPSA) is 9.23 Å². The van der Waals surface area contributed by atoms with E-state index in [-0.39, 0.29) is 6.10 Å². The van der Waals surface area contributed by atoms with Crippen molar-refractivity contribution >= 4 is 6.08 Å². The van der Waals surface area contributed by atoms with Crippen molar-refractivity contribution in [2.24, 2.45) is 0 Å². The molecule has 0 aromatic heterocycles. The number of hydrogen-bond donors (Lipinski definition) is 0. The van der Waals surface area contributed by atoms with Crippen LogP contribution in [0.4, 0.5) is 0 Å². The van der Waals surface area contributed by atoms with Crippen LogP contribution in [0, 0.1) is 0 Å². The van der Waals surface area contributed by atoms with E-state index in [1.165, 1.54) is 5.56 Å². The predicted molar refractivity (Wildman–Crippen MR) is 66.1 cm³/mol. The van der Waals surface area contributed by atoms with Crippen molar-refractivity contribution in [2.45, 2.75) is 26.9 Å². The molecule has 0 aliphatic rings. The molecule has 1 aromatic rings. The van der Waals surface area contributed by atoms with Crippen LogP contribution in [-0.4, -0.2) is 6.10 Å². The van der Waals surface area contributed by atoms with Crippen LogP contribution in [0.1, 0.15) is 26.3 Å². The minimum Gasteiger partial charge on any atom is -0.491 e. The van der Waals surface area contributed by atoms with Crippen LogP contribution in [0.15, 0.2) is 42.5 Å². The van der Waals surface area contributed by atoms with Crippen LogP contribution in [0.3, 0.4) is 0 Å². The first-order valence-electron chi connectivity index (χ1n) is 5.28. The minimum atomic E-state index is 0.231. The Labute approximate surface area is 92.1 Å². The highest BCUT2D eigenvalue weighted by atomic mass is 16.5. The van der Waals surface area contributed by atoms with Crippen LogP contribution < -0.4 is 4.74 Å². The predicted octanol–water partition coefficient (Wildman–Crippen LogP) is 4.06. The third-order valence-corrected chi connectivity index (χ3v) is 1.84. The summed E-state index contributed by atoms with van der Waals surface area (Å²) in [6, 6.07) is 8.10. The van der Waals surface area contributed by atoms with Gasteiger partial charge in [-0.25, -0.2) is 0 Å². The van der Waals surface area contributed by atoms with Crippen LogP contribution in [0.25, 0.3) is 6.08 Å². The van der Waals surface area contributed by atoms with Crippen LogP contribution in [0.2, 0.25) is 0 Å². The van der Waals surface area contributed by atoms with E-state index in [1.807, 2.05) is 51.1 Å². The van der Waals surface area contributed by atoms with Gasteiger partial charge in [0.05, 0.1) is 6.10 Å². The van der Waals surface area contributed by atoms with Crippen LogP contribution in [0.5, 0.6) is 5.75 Å². The zero-order valence-electron chi connectivity index (χ0n) is 9.60. The van der Waals surface area contributed by atoms with Gasteiger partial charge in [-0.2, -0.15) is 0 Å². The molecule has 0 saturated heterocycles. The second-order valence-electron chi connectivity index (χ2n) is 3.62. The molecule has 0 aliphatic heterocycles. The smallest absolute Gasteiger partial charge is 0.119 e. The van der Waals surface area contributed by atoms with Crippen molar-refractivity contribution in [2.75, 3.05) is 0 Å². The summed E-state index contributed by atoms with van der Waals surface area (Å²) < 4.78 is 5.56. The lowest BCUT2D eigenvalue weighted by Crippen LogP contribution is -2.05. The van der Waals surface area contributed by atoms with Gasteiger partial charge < -0.3 is 4.74 Å². The van der Waals surface area contributed by atoms with Gasteiger partial charge in [0.1, 0.15) is 5.75 Å². The van der Waals surface area contributed by atoms with E-state index in [4.69, 9.17) is 4.74 Å². The van der Waals surface area contributed by atoms with E-state index in [0.29, 0.717) is 0 Å². The van der Waals surface area contributed by atoms with Crippen molar-refractivity contribution in [1.82, 2.24) is 0 Å². The molecular formula is C14H18O. The zero-order chi connectivity index (χ0) is 11.1. The third kappa shape index (κ3) is 4.50. The lowest BCUT2D eigenvalue weighted by Gasteiger charge is -2.09. The molecule has 0 amide bonds. The first-order valence-corrected chi connectivity index (χ1v) is 5.28. The number of rotatable bonds is 4. The summed E-state index contributed by atoms with van der Waals surface area (Å²) in [6.45, 7) is 6.06. The molecule has 0 radical (unpaired) electrons. The molecule has 1 heteroatoms. The van der Waals surface area contributed by atoms with E-state index in [0.717, 1.165) is 5.75 Å². The van der Waals surface area contributed by atoms with Gasteiger partial charge in [-0.3, -0.25) is 0 Å². The lowest BCUT2D eigenvalue weighted by atomic mass is 10.2. The molecule has 1 rings (SSSR count). The highest BCUT2D eigenvalue weighted by Gasteiger charge is 1.95. The van der Waals surface area contributed by atoms with E-state index >= 15 is 0 Å². The first kappa shape index (κ1) is 11.6. The highest BCUT2D eigenvalue weighted by Crippen LogP contribution is 2.14. The summed E-state index contributed by atoms with van der Waals surface area (Å²) in [6.07, 6.45) is 8.34. The van der Waals surface area contributed by atoms with Gasteiger partial charge in [0.25, 0.3) is 0 Å². The average Bonchev–Trinajstić information content (AvgIpc) is 2.20. The van der Waals surface area contributed by atoms with E-state index in [1.54, 1.807) is 0 Å². The molecule has 1 nitrogen and oxygen atoms in total. The summed E-state index contributed by atoms with van der Waals surface area (Å²) >= 11 is 0. The van der Waals surface area contributed by atoms with Gasteiger partial charge in [0, 0.05) is 0 Å². The van der Waals surface area contributed by atoms with Crippen molar-refractivity contribution < 1.29 is 4.74 Å². The minimum absolute atomic E-state index is 0.231. The Hall–Kier alpha value is -1.50. The first-order chi connectivity index (χ1) is 7.22. The van der Waals surface area contributed by atoms with Crippen molar-refractivity contribution in [3.8, 4) is 5.75 Å². The molecule has 0 spiro atoms. The lowest BCUT2D eigenvalue weighted by molar-refractivity contribution is 0.242. The molecular weight excluding hydrogens is 184 g/mol. The second-order valence-corrected chi connectivity index (χ2v) is 3.62. The Kier molecular flexibility index (Phi) is 4.69. The average molecular weight is 202 g/mol. The summed E-state index contributed by atoms with van der Waals surface area (Å²) in [5, 5.41) is 0. The van der Waals surface area contributed by atoms with Crippen molar-refractivity contribution in [1.29, 1.82) is 0 Å². The molecule has 1 aromatic carbocycles.